The molecule has 0 aliphatic heterocycles. The third kappa shape index (κ3) is 2.74. The van der Waals surface area contributed by atoms with Crippen LogP contribution in [0, 0.1) is 12.3 Å². The van der Waals surface area contributed by atoms with Crippen LogP contribution in [-0.2, 0) is 6.37 Å². The number of halogens is 3. The molecule has 0 nitrogen and oxygen atoms in total. The van der Waals surface area contributed by atoms with Gasteiger partial charge < -0.3 is 0 Å². The van der Waals surface area contributed by atoms with Crippen molar-refractivity contribution in [3.63, 3.8) is 0 Å². The smallest absolute Gasteiger partial charge is 0.171 e. The largest absolute Gasteiger partial charge is 0.394 e. The van der Waals surface area contributed by atoms with Gasteiger partial charge in [0.05, 0.1) is 5.41 Å². The summed E-state index contributed by atoms with van der Waals surface area (Å²) in [5, 5.41) is 0. The zero-order valence-corrected chi connectivity index (χ0v) is 8.94. The van der Waals surface area contributed by atoms with Gasteiger partial charge in [0.25, 0.3) is 0 Å². The van der Waals surface area contributed by atoms with Gasteiger partial charge in [-0.2, -0.15) is 13.2 Å². The van der Waals surface area contributed by atoms with Crippen LogP contribution < -0.4 is 0 Å². The van der Waals surface area contributed by atoms with E-state index in [-0.39, 0.29) is 5.56 Å². The summed E-state index contributed by atoms with van der Waals surface area (Å²) in [5.74, 6) is 0. The number of benzene rings is 1. The SMILES string of the molecule is [2H]C([2H])(c1ccccc1C)C(C)(C)C(F)(F)F. The molecule has 0 heterocycles. The van der Waals surface area contributed by atoms with Gasteiger partial charge in [-0.25, -0.2) is 0 Å². The number of hydrogen-bond acceptors (Lipinski definition) is 0. The van der Waals surface area contributed by atoms with E-state index >= 15 is 0 Å². The van der Waals surface area contributed by atoms with Crippen molar-refractivity contribution in [3.8, 4) is 0 Å². The highest BCUT2D eigenvalue weighted by atomic mass is 19.4. The predicted molar refractivity (Wildman–Crippen MR) is 54.7 cm³/mol. The predicted octanol–water partition coefficient (Wildman–Crippen LogP) is 4.13. The summed E-state index contributed by atoms with van der Waals surface area (Å²) in [6, 6.07) is 6.24. The minimum absolute atomic E-state index is 0.0855. The number of hydrogen-bond donors (Lipinski definition) is 0. The van der Waals surface area contributed by atoms with Crippen LogP contribution in [0.25, 0.3) is 0 Å². The van der Waals surface area contributed by atoms with Gasteiger partial charge in [0.2, 0.25) is 0 Å². The molecule has 0 fully saturated rings. The van der Waals surface area contributed by atoms with Gasteiger partial charge in [-0.1, -0.05) is 38.1 Å². The Morgan fingerprint density at radius 1 is 1.20 bits per heavy atom. The fraction of sp³-hybridized carbons (Fsp3) is 0.500. The maximum Gasteiger partial charge on any atom is 0.394 e. The number of alkyl halides is 3. The lowest BCUT2D eigenvalue weighted by molar-refractivity contribution is -0.211. The van der Waals surface area contributed by atoms with Crippen LogP contribution in [0.5, 0.6) is 0 Å². The van der Waals surface area contributed by atoms with Crippen molar-refractivity contribution in [1.29, 1.82) is 0 Å². The van der Waals surface area contributed by atoms with Gasteiger partial charge in [-0.3, -0.25) is 0 Å². The van der Waals surface area contributed by atoms with Crippen molar-refractivity contribution in [2.45, 2.75) is 33.3 Å². The molecular weight excluding hydrogens is 201 g/mol. The molecule has 84 valence electrons. The highest BCUT2D eigenvalue weighted by Crippen LogP contribution is 2.40. The van der Waals surface area contributed by atoms with E-state index in [1.165, 1.54) is 6.07 Å². The van der Waals surface area contributed by atoms with E-state index in [1.807, 2.05) is 0 Å². The van der Waals surface area contributed by atoms with E-state index in [1.54, 1.807) is 25.1 Å². The minimum atomic E-state index is -4.60. The molecule has 0 unspecified atom stereocenters. The Bertz CT molecular complexity index is 408. The van der Waals surface area contributed by atoms with E-state index in [4.69, 9.17) is 2.74 Å². The highest BCUT2D eigenvalue weighted by molar-refractivity contribution is 5.26. The first-order valence-electron chi connectivity index (χ1n) is 5.64. The molecule has 0 radical (unpaired) electrons. The van der Waals surface area contributed by atoms with Crippen LogP contribution in [0.1, 0.15) is 27.7 Å². The molecule has 1 rings (SSSR count). The van der Waals surface area contributed by atoms with Crippen molar-refractivity contribution in [2.24, 2.45) is 5.41 Å². The monoisotopic (exact) mass is 218 g/mol. The average molecular weight is 218 g/mol. The molecule has 0 aliphatic carbocycles. The lowest BCUT2D eigenvalue weighted by Gasteiger charge is -2.28. The van der Waals surface area contributed by atoms with E-state index in [0.717, 1.165) is 13.8 Å². The standard InChI is InChI=1S/C12H15F3/c1-9-6-4-5-7-10(9)8-11(2,3)12(13,14)15/h4-7H,8H2,1-3H3/i8D2. The lowest BCUT2D eigenvalue weighted by atomic mass is 9.84. The van der Waals surface area contributed by atoms with Crippen LogP contribution in [0.15, 0.2) is 24.3 Å². The topological polar surface area (TPSA) is 0 Å². The van der Waals surface area contributed by atoms with E-state index in [0.29, 0.717) is 5.56 Å². The van der Waals surface area contributed by atoms with Crippen LogP contribution in [0.4, 0.5) is 13.2 Å². The third-order valence-electron chi connectivity index (χ3n) is 2.30. The number of aryl methyl sites for hydroxylation is 1. The summed E-state index contributed by atoms with van der Waals surface area (Å²) >= 11 is 0. The van der Waals surface area contributed by atoms with Crippen molar-refractivity contribution in [1.82, 2.24) is 0 Å². The Labute approximate surface area is 90.9 Å². The molecule has 0 aliphatic rings. The Hall–Kier alpha value is -0.990. The van der Waals surface area contributed by atoms with Gasteiger partial charge >= 0.3 is 6.18 Å². The van der Waals surface area contributed by atoms with Gasteiger partial charge in [-0.05, 0) is 24.4 Å². The normalized spacial score (nSPS) is 15.9. The summed E-state index contributed by atoms with van der Waals surface area (Å²) in [7, 11) is 0. The second-order valence-corrected chi connectivity index (χ2v) is 4.06. The Morgan fingerprint density at radius 2 is 1.73 bits per heavy atom. The molecule has 0 atom stereocenters. The summed E-state index contributed by atoms with van der Waals surface area (Å²) in [4.78, 5) is 0. The zero-order chi connectivity index (χ0) is 13.5. The molecule has 0 amide bonds. The van der Waals surface area contributed by atoms with Gasteiger partial charge in [0.1, 0.15) is 0 Å². The molecule has 0 spiro atoms. The van der Waals surface area contributed by atoms with E-state index in [2.05, 4.69) is 0 Å². The molecule has 0 saturated heterocycles. The van der Waals surface area contributed by atoms with Crippen molar-refractivity contribution < 1.29 is 15.9 Å². The molecule has 0 N–H and O–H groups in total. The summed E-state index contributed by atoms with van der Waals surface area (Å²) in [6.07, 6.45) is -7.06. The summed E-state index contributed by atoms with van der Waals surface area (Å²) in [5.41, 5.74) is -1.83. The molecule has 0 bridgehead atoms. The first kappa shape index (κ1) is 9.25. The average Bonchev–Trinajstić information content (AvgIpc) is 2.16. The first-order valence-corrected chi connectivity index (χ1v) is 4.64. The Morgan fingerprint density at radius 3 is 2.20 bits per heavy atom. The second kappa shape index (κ2) is 3.87. The Kier molecular flexibility index (Phi) is 2.39. The van der Waals surface area contributed by atoms with Crippen LogP contribution >= 0.6 is 0 Å². The molecular formula is C12H15F3. The van der Waals surface area contributed by atoms with Crippen LogP contribution in [0.2, 0.25) is 0 Å². The fourth-order valence-electron chi connectivity index (χ4n) is 1.12. The molecule has 0 aromatic heterocycles. The van der Waals surface area contributed by atoms with Gasteiger partial charge in [0, 0.05) is 2.74 Å². The maximum atomic E-state index is 12.9. The van der Waals surface area contributed by atoms with Crippen molar-refractivity contribution in [3.05, 3.63) is 35.4 Å². The lowest BCUT2D eigenvalue weighted by Crippen LogP contribution is -2.34. The molecule has 0 saturated carbocycles. The number of rotatable bonds is 2. The van der Waals surface area contributed by atoms with E-state index < -0.39 is 18.0 Å². The molecule has 3 heteroatoms. The van der Waals surface area contributed by atoms with Crippen molar-refractivity contribution in [2.75, 3.05) is 0 Å². The molecule has 1 aromatic rings. The van der Waals surface area contributed by atoms with E-state index in [9.17, 15) is 13.2 Å². The summed E-state index contributed by atoms with van der Waals surface area (Å²) in [6.45, 7) is 3.39. The second-order valence-electron chi connectivity index (χ2n) is 4.06. The third-order valence-corrected chi connectivity index (χ3v) is 2.30. The first-order chi connectivity index (χ1) is 7.52. The highest BCUT2D eigenvalue weighted by Gasteiger charge is 2.47. The fourth-order valence-corrected chi connectivity index (χ4v) is 1.12. The summed E-state index contributed by atoms with van der Waals surface area (Å²) < 4.78 is 54.3. The molecule has 15 heavy (non-hydrogen) atoms. The van der Waals surface area contributed by atoms with Gasteiger partial charge in [0.15, 0.2) is 0 Å². The Balaban J connectivity index is 3.34. The van der Waals surface area contributed by atoms with Gasteiger partial charge in [-0.15, -0.1) is 0 Å². The van der Waals surface area contributed by atoms with Crippen LogP contribution in [0.3, 0.4) is 0 Å². The quantitative estimate of drug-likeness (QED) is 0.700. The van der Waals surface area contributed by atoms with Crippen molar-refractivity contribution >= 4 is 0 Å². The minimum Gasteiger partial charge on any atom is -0.171 e. The van der Waals surface area contributed by atoms with Crippen LogP contribution in [-0.4, -0.2) is 6.18 Å². The molecule has 1 aromatic carbocycles. The zero-order valence-electron chi connectivity index (χ0n) is 10.9. The maximum absolute atomic E-state index is 12.9.